The predicted octanol–water partition coefficient (Wildman–Crippen LogP) is 6.67. The average Bonchev–Trinajstić information content (AvgIpc) is 3.14. The molecule has 0 spiro atoms. The zero-order chi connectivity index (χ0) is 27.6. The molecule has 38 heavy (non-hydrogen) atoms. The molecule has 0 radical (unpaired) electrons. The lowest BCUT2D eigenvalue weighted by Gasteiger charge is -2.27. The second-order valence-electron chi connectivity index (χ2n) is 10.2. The number of aliphatic hydroxyl groups excluding tert-OH is 1. The van der Waals surface area contributed by atoms with E-state index in [0.29, 0.717) is 22.9 Å². The van der Waals surface area contributed by atoms with Gasteiger partial charge in [0, 0.05) is 11.6 Å². The number of carbonyl (C=O) groups is 2. The van der Waals surface area contributed by atoms with Gasteiger partial charge in [-0.1, -0.05) is 68.8 Å². The molecule has 1 heterocycles. The fourth-order valence-electron chi connectivity index (χ4n) is 4.62. The van der Waals surface area contributed by atoms with Gasteiger partial charge in [0.05, 0.1) is 30.9 Å². The summed E-state index contributed by atoms with van der Waals surface area (Å²) in [6.07, 6.45) is 0. The highest BCUT2D eigenvalue weighted by molar-refractivity contribution is 6.46. The molecule has 0 saturated carbocycles. The van der Waals surface area contributed by atoms with E-state index in [1.807, 2.05) is 55.5 Å². The van der Waals surface area contributed by atoms with Crippen LogP contribution in [0.4, 0.5) is 0 Å². The molecule has 6 nitrogen and oxygen atoms in total. The topological polar surface area (TPSA) is 76.1 Å². The van der Waals surface area contributed by atoms with E-state index in [4.69, 9.17) is 21.1 Å². The van der Waals surface area contributed by atoms with Crippen LogP contribution in [0.1, 0.15) is 56.0 Å². The lowest BCUT2D eigenvalue weighted by Crippen LogP contribution is -2.29. The molecule has 1 saturated heterocycles. The van der Waals surface area contributed by atoms with Gasteiger partial charge in [-0.2, -0.15) is 0 Å². The molecule has 3 aromatic carbocycles. The summed E-state index contributed by atoms with van der Waals surface area (Å²) in [4.78, 5) is 28.4. The molecule has 1 aliphatic rings. The molecule has 1 unspecified atom stereocenters. The minimum Gasteiger partial charge on any atom is -0.507 e. The van der Waals surface area contributed by atoms with Gasteiger partial charge in [-0.3, -0.25) is 9.59 Å². The molecule has 4 rings (SSSR count). The summed E-state index contributed by atoms with van der Waals surface area (Å²) < 4.78 is 10.9. The van der Waals surface area contributed by atoms with Gasteiger partial charge >= 0.3 is 0 Å². The van der Waals surface area contributed by atoms with E-state index in [1.165, 1.54) is 18.1 Å². The van der Waals surface area contributed by atoms with Crippen molar-refractivity contribution in [3.8, 4) is 11.5 Å². The number of hydrogen-bond acceptors (Lipinski definition) is 5. The van der Waals surface area contributed by atoms with E-state index < -0.39 is 17.7 Å². The van der Waals surface area contributed by atoms with Crippen LogP contribution in [0, 0.1) is 0 Å². The van der Waals surface area contributed by atoms with Crippen molar-refractivity contribution in [3.63, 3.8) is 0 Å². The Labute approximate surface area is 228 Å². The van der Waals surface area contributed by atoms with E-state index in [9.17, 15) is 14.7 Å². The third kappa shape index (κ3) is 5.41. The Morgan fingerprint density at radius 3 is 2.24 bits per heavy atom. The quantitative estimate of drug-likeness (QED) is 0.208. The van der Waals surface area contributed by atoms with Crippen molar-refractivity contribution >= 4 is 29.1 Å². The number of carbonyl (C=O) groups excluding carboxylic acids is 2. The van der Waals surface area contributed by atoms with Gasteiger partial charge in [-0.05, 0) is 59.4 Å². The summed E-state index contributed by atoms with van der Waals surface area (Å²) in [5.74, 6) is -0.722. The van der Waals surface area contributed by atoms with Crippen molar-refractivity contribution in [2.75, 3.05) is 13.7 Å². The van der Waals surface area contributed by atoms with Gasteiger partial charge in [0.2, 0.25) is 0 Å². The van der Waals surface area contributed by atoms with Crippen molar-refractivity contribution in [2.24, 2.45) is 0 Å². The molecule has 1 N–H and O–H groups in total. The molecular formula is C31H32ClNO5. The second-order valence-corrected chi connectivity index (χ2v) is 10.7. The van der Waals surface area contributed by atoms with E-state index in [2.05, 4.69) is 20.8 Å². The van der Waals surface area contributed by atoms with Crippen molar-refractivity contribution in [3.05, 3.63) is 99.6 Å². The summed E-state index contributed by atoms with van der Waals surface area (Å²) >= 11 is 6.21. The number of amides is 1. The molecule has 0 aromatic heterocycles. The maximum atomic E-state index is 13.5. The number of halogens is 1. The number of hydrogen-bond donors (Lipinski definition) is 1. The Bertz CT molecular complexity index is 1370. The van der Waals surface area contributed by atoms with Gasteiger partial charge in [0.15, 0.2) is 0 Å². The molecule has 1 fully saturated rings. The summed E-state index contributed by atoms with van der Waals surface area (Å²) in [6, 6.07) is 19.2. The van der Waals surface area contributed by atoms with Crippen LogP contribution in [-0.4, -0.2) is 35.4 Å². The van der Waals surface area contributed by atoms with Crippen molar-refractivity contribution in [1.82, 2.24) is 4.90 Å². The van der Waals surface area contributed by atoms with Crippen LogP contribution in [0.15, 0.2) is 72.3 Å². The minimum atomic E-state index is -0.806. The molecular weight excluding hydrogens is 502 g/mol. The average molecular weight is 534 g/mol. The van der Waals surface area contributed by atoms with Crippen LogP contribution >= 0.6 is 11.6 Å². The van der Waals surface area contributed by atoms with Crippen LogP contribution in [-0.2, 0) is 21.5 Å². The third-order valence-corrected chi connectivity index (χ3v) is 6.87. The monoisotopic (exact) mass is 533 g/mol. The summed E-state index contributed by atoms with van der Waals surface area (Å²) in [5, 5.41) is 11.8. The molecule has 1 amide bonds. The van der Waals surface area contributed by atoms with Crippen molar-refractivity contribution < 1.29 is 24.2 Å². The number of likely N-dealkylation sites (tertiary alicyclic amines) is 1. The normalized spacial score (nSPS) is 17.1. The Kier molecular flexibility index (Phi) is 7.83. The first kappa shape index (κ1) is 27.3. The van der Waals surface area contributed by atoms with Crippen LogP contribution < -0.4 is 9.47 Å². The maximum Gasteiger partial charge on any atom is 0.295 e. The number of aliphatic hydroxyl groups is 1. The van der Waals surface area contributed by atoms with Gasteiger partial charge in [0.1, 0.15) is 17.3 Å². The molecule has 7 heteroatoms. The van der Waals surface area contributed by atoms with Gasteiger partial charge in [0.25, 0.3) is 11.7 Å². The third-order valence-electron chi connectivity index (χ3n) is 6.64. The van der Waals surface area contributed by atoms with Crippen molar-refractivity contribution in [1.29, 1.82) is 0 Å². The molecule has 0 bridgehead atoms. The van der Waals surface area contributed by atoms with Crippen LogP contribution in [0.2, 0.25) is 5.02 Å². The van der Waals surface area contributed by atoms with Crippen molar-refractivity contribution in [2.45, 2.75) is 45.7 Å². The maximum absolute atomic E-state index is 13.5. The van der Waals surface area contributed by atoms with Crippen LogP contribution in [0.25, 0.3) is 5.76 Å². The first-order chi connectivity index (χ1) is 18.0. The number of benzene rings is 3. The predicted molar refractivity (Wildman–Crippen MR) is 149 cm³/mol. The summed E-state index contributed by atoms with van der Waals surface area (Å²) in [6.45, 7) is 8.98. The highest BCUT2D eigenvalue weighted by Gasteiger charge is 2.46. The smallest absolute Gasteiger partial charge is 0.295 e. The number of nitrogens with zero attached hydrogens (tertiary/aromatic N) is 1. The fraction of sp³-hybridized carbons (Fsp3) is 0.290. The first-order valence-corrected chi connectivity index (χ1v) is 12.9. The lowest BCUT2D eigenvalue weighted by molar-refractivity contribution is -0.140. The second kappa shape index (κ2) is 10.9. The van der Waals surface area contributed by atoms with E-state index in [1.54, 1.807) is 12.1 Å². The lowest BCUT2D eigenvalue weighted by atomic mass is 9.85. The van der Waals surface area contributed by atoms with Gasteiger partial charge in [-0.15, -0.1) is 0 Å². The highest BCUT2D eigenvalue weighted by Crippen LogP contribution is 2.42. The zero-order valence-corrected chi connectivity index (χ0v) is 23.0. The van der Waals surface area contributed by atoms with Crippen LogP contribution in [0.5, 0.6) is 11.5 Å². The molecule has 198 valence electrons. The SMILES string of the molecule is CCOc1ccc(CN2C(=O)C(=O)/C(=C(/O)c3cc(Cl)ccc3OC)C2c2ccc(C(C)(C)C)cc2)cc1. The molecule has 1 atom stereocenters. The fourth-order valence-corrected chi connectivity index (χ4v) is 4.79. The summed E-state index contributed by atoms with van der Waals surface area (Å²) in [5.41, 5.74) is 2.82. The minimum absolute atomic E-state index is 0.00925. The standard InChI is InChI=1S/C31H32ClNO5/c1-6-38-23-14-7-19(8-15-23)18-33-27(20-9-11-21(12-10-20)31(2,3)4)26(29(35)30(33)36)28(34)24-17-22(32)13-16-25(24)37-5/h7-17,27,34H,6,18H2,1-5H3/b28-26+. The van der Waals surface area contributed by atoms with E-state index in [-0.39, 0.29) is 28.9 Å². The highest BCUT2D eigenvalue weighted by atomic mass is 35.5. The number of ether oxygens (including phenoxy) is 2. The van der Waals surface area contributed by atoms with Crippen LogP contribution in [0.3, 0.4) is 0 Å². The zero-order valence-electron chi connectivity index (χ0n) is 22.2. The molecule has 1 aliphatic heterocycles. The number of methoxy groups -OCH3 is 1. The summed E-state index contributed by atoms with van der Waals surface area (Å²) in [7, 11) is 1.47. The number of ketones is 1. The van der Waals surface area contributed by atoms with E-state index in [0.717, 1.165) is 16.9 Å². The largest absolute Gasteiger partial charge is 0.507 e. The first-order valence-electron chi connectivity index (χ1n) is 12.5. The number of Topliss-reactive ketones (excluding diaryl/α,β-unsaturated/α-hetero) is 1. The van der Waals surface area contributed by atoms with Gasteiger partial charge in [-0.25, -0.2) is 0 Å². The molecule has 3 aromatic rings. The molecule has 0 aliphatic carbocycles. The Balaban J connectivity index is 1.85. The van der Waals surface area contributed by atoms with Gasteiger partial charge < -0.3 is 19.5 Å². The Morgan fingerprint density at radius 2 is 1.66 bits per heavy atom. The number of rotatable bonds is 7. The Hall–Kier alpha value is -3.77. The Morgan fingerprint density at radius 1 is 1.00 bits per heavy atom. The van der Waals surface area contributed by atoms with E-state index >= 15 is 0 Å².